The average molecular weight is 455 g/mol. The van der Waals surface area contributed by atoms with Gasteiger partial charge in [0.1, 0.15) is 17.7 Å². The fraction of sp³-hybridized carbons (Fsp3) is 0.500. The largest absolute Gasteiger partial charge is 0.488 e. The molecular formula is C26H31FN2O4. The molecule has 0 saturated carbocycles. The van der Waals surface area contributed by atoms with E-state index in [1.54, 1.807) is 12.1 Å². The quantitative estimate of drug-likeness (QED) is 0.692. The Labute approximate surface area is 194 Å². The van der Waals surface area contributed by atoms with Gasteiger partial charge in [-0.3, -0.25) is 9.69 Å². The number of morpholine rings is 1. The minimum absolute atomic E-state index is 0.0491. The number of carbonyl (C=O) groups excluding carboxylic acids is 1. The predicted octanol–water partition coefficient (Wildman–Crippen LogP) is 3.50. The number of rotatable bonds is 5. The molecule has 0 N–H and O–H groups in total. The number of hydrogen-bond donors (Lipinski definition) is 0. The Bertz CT molecular complexity index is 953. The molecule has 3 saturated heterocycles. The van der Waals surface area contributed by atoms with Crippen molar-refractivity contribution in [1.29, 1.82) is 0 Å². The summed E-state index contributed by atoms with van der Waals surface area (Å²) >= 11 is 0. The number of benzene rings is 2. The second kappa shape index (κ2) is 9.79. The molecule has 0 aliphatic carbocycles. The summed E-state index contributed by atoms with van der Waals surface area (Å²) in [6, 6.07) is 14.1. The van der Waals surface area contributed by atoms with Crippen LogP contribution in [0.25, 0.3) is 0 Å². The van der Waals surface area contributed by atoms with Gasteiger partial charge in [0.15, 0.2) is 0 Å². The summed E-state index contributed by atoms with van der Waals surface area (Å²) in [5.41, 5.74) is 1.63. The highest BCUT2D eigenvalue weighted by molar-refractivity contribution is 5.95. The van der Waals surface area contributed by atoms with Crippen LogP contribution in [0.2, 0.25) is 0 Å². The lowest BCUT2D eigenvalue weighted by Crippen LogP contribution is -2.47. The highest BCUT2D eigenvalue weighted by Crippen LogP contribution is 2.37. The Balaban J connectivity index is 1.17. The van der Waals surface area contributed by atoms with E-state index in [4.69, 9.17) is 14.2 Å². The van der Waals surface area contributed by atoms with E-state index in [1.165, 1.54) is 12.1 Å². The third kappa shape index (κ3) is 5.21. The maximum atomic E-state index is 13.4. The Hall–Kier alpha value is -2.48. The summed E-state index contributed by atoms with van der Waals surface area (Å²) < 4.78 is 30.8. The number of piperidine rings is 1. The van der Waals surface area contributed by atoms with Gasteiger partial charge in [-0.05, 0) is 48.7 Å². The van der Waals surface area contributed by atoms with Crippen molar-refractivity contribution in [1.82, 2.24) is 9.80 Å². The van der Waals surface area contributed by atoms with Crippen LogP contribution in [0.5, 0.6) is 5.75 Å². The van der Waals surface area contributed by atoms with Gasteiger partial charge in [-0.15, -0.1) is 0 Å². The molecule has 0 unspecified atom stereocenters. The molecule has 3 aliphatic rings. The molecule has 5 rings (SSSR count). The average Bonchev–Trinajstić information content (AvgIpc) is 3.23. The zero-order valence-corrected chi connectivity index (χ0v) is 18.9. The van der Waals surface area contributed by atoms with E-state index in [0.29, 0.717) is 25.4 Å². The molecule has 176 valence electrons. The van der Waals surface area contributed by atoms with Gasteiger partial charge >= 0.3 is 0 Å². The Morgan fingerprint density at radius 1 is 1.03 bits per heavy atom. The molecule has 0 radical (unpaired) electrons. The summed E-state index contributed by atoms with van der Waals surface area (Å²) in [6.07, 6.45) is 2.34. The molecule has 3 fully saturated rings. The number of ether oxygens (including phenoxy) is 3. The molecule has 6 nitrogen and oxygen atoms in total. The minimum atomic E-state index is -0.273. The molecule has 0 bridgehead atoms. The molecule has 3 heterocycles. The van der Waals surface area contributed by atoms with Crippen LogP contribution in [-0.4, -0.2) is 73.4 Å². The van der Waals surface area contributed by atoms with E-state index in [1.807, 2.05) is 23.1 Å². The molecule has 1 atom stereocenters. The fourth-order valence-electron chi connectivity index (χ4n) is 5.09. The molecule has 1 amide bonds. The van der Waals surface area contributed by atoms with Gasteiger partial charge in [0.25, 0.3) is 5.91 Å². The summed E-state index contributed by atoms with van der Waals surface area (Å²) in [6.45, 7) is 5.93. The number of nitrogens with zero attached hydrogens (tertiary/aromatic N) is 2. The van der Waals surface area contributed by atoms with Crippen LogP contribution < -0.4 is 4.74 Å². The van der Waals surface area contributed by atoms with E-state index >= 15 is 0 Å². The van der Waals surface area contributed by atoms with Gasteiger partial charge in [0, 0.05) is 44.7 Å². The van der Waals surface area contributed by atoms with Crippen molar-refractivity contribution in [3.05, 3.63) is 65.5 Å². The summed E-state index contributed by atoms with van der Waals surface area (Å²) in [5.74, 6) is 0.488. The van der Waals surface area contributed by atoms with Crippen LogP contribution in [0.4, 0.5) is 4.39 Å². The molecule has 1 spiro atoms. The zero-order valence-electron chi connectivity index (χ0n) is 18.9. The van der Waals surface area contributed by atoms with Gasteiger partial charge in [-0.2, -0.15) is 0 Å². The van der Waals surface area contributed by atoms with E-state index < -0.39 is 0 Å². The Kier molecular flexibility index (Phi) is 6.62. The first-order chi connectivity index (χ1) is 16.1. The molecule has 7 heteroatoms. The number of carbonyl (C=O) groups is 1. The number of likely N-dealkylation sites (tertiary alicyclic amines) is 1. The maximum Gasteiger partial charge on any atom is 0.254 e. The van der Waals surface area contributed by atoms with E-state index in [-0.39, 0.29) is 23.4 Å². The zero-order chi connectivity index (χ0) is 22.7. The molecule has 33 heavy (non-hydrogen) atoms. The van der Waals surface area contributed by atoms with Crippen molar-refractivity contribution in [3.63, 3.8) is 0 Å². The van der Waals surface area contributed by atoms with Crippen LogP contribution in [0.1, 0.15) is 35.2 Å². The summed E-state index contributed by atoms with van der Waals surface area (Å²) in [5, 5.41) is 0. The first-order valence-corrected chi connectivity index (χ1v) is 11.8. The van der Waals surface area contributed by atoms with Gasteiger partial charge in [-0.1, -0.05) is 18.2 Å². The third-order valence-electron chi connectivity index (χ3n) is 7.00. The lowest BCUT2D eigenvalue weighted by Gasteiger charge is -2.39. The van der Waals surface area contributed by atoms with E-state index in [0.717, 1.165) is 63.2 Å². The number of halogens is 1. The second-order valence-electron chi connectivity index (χ2n) is 9.23. The van der Waals surface area contributed by atoms with Crippen LogP contribution in [0.15, 0.2) is 48.5 Å². The molecule has 2 aromatic rings. The smallest absolute Gasteiger partial charge is 0.254 e. The van der Waals surface area contributed by atoms with Crippen molar-refractivity contribution in [2.75, 3.05) is 46.0 Å². The van der Waals surface area contributed by atoms with Gasteiger partial charge < -0.3 is 19.1 Å². The monoisotopic (exact) mass is 454 g/mol. The Morgan fingerprint density at radius 2 is 1.76 bits per heavy atom. The van der Waals surface area contributed by atoms with E-state index in [2.05, 4.69) is 11.0 Å². The summed E-state index contributed by atoms with van der Waals surface area (Å²) in [4.78, 5) is 17.7. The number of hydrogen-bond acceptors (Lipinski definition) is 5. The van der Waals surface area contributed by atoms with E-state index in [9.17, 15) is 9.18 Å². The Morgan fingerprint density at radius 3 is 2.52 bits per heavy atom. The first kappa shape index (κ1) is 22.3. The lowest BCUT2D eigenvalue weighted by atomic mass is 9.87. The van der Waals surface area contributed by atoms with Gasteiger partial charge in [0.05, 0.1) is 25.4 Å². The van der Waals surface area contributed by atoms with Crippen LogP contribution in [0.3, 0.4) is 0 Å². The van der Waals surface area contributed by atoms with Gasteiger partial charge in [-0.25, -0.2) is 4.39 Å². The predicted molar refractivity (Wildman–Crippen MR) is 122 cm³/mol. The van der Waals surface area contributed by atoms with Crippen molar-refractivity contribution >= 4 is 5.91 Å². The SMILES string of the molecule is O=C(c1ccccc1CN1CCOCC1)N1CCC2(CC1)C[C@@H](Oc1ccc(F)cc1)CO2. The second-order valence-corrected chi connectivity index (χ2v) is 9.23. The normalized spacial score (nSPS) is 23.1. The third-order valence-corrected chi connectivity index (χ3v) is 7.00. The highest BCUT2D eigenvalue weighted by atomic mass is 19.1. The van der Waals surface area contributed by atoms with Crippen molar-refractivity contribution in [3.8, 4) is 5.75 Å². The minimum Gasteiger partial charge on any atom is -0.488 e. The molecule has 0 aromatic heterocycles. The van der Waals surface area contributed by atoms with Crippen molar-refractivity contribution < 1.29 is 23.4 Å². The molecule has 2 aromatic carbocycles. The van der Waals surface area contributed by atoms with Gasteiger partial charge in [0.2, 0.25) is 0 Å². The fourth-order valence-corrected chi connectivity index (χ4v) is 5.09. The molecule has 3 aliphatic heterocycles. The summed E-state index contributed by atoms with van der Waals surface area (Å²) in [7, 11) is 0. The maximum absolute atomic E-state index is 13.4. The van der Waals surface area contributed by atoms with Crippen molar-refractivity contribution in [2.24, 2.45) is 0 Å². The topological polar surface area (TPSA) is 51.2 Å². The van der Waals surface area contributed by atoms with Crippen LogP contribution in [0, 0.1) is 5.82 Å². The standard InChI is InChI=1S/C26H31FN2O4/c27-21-5-7-22(8-6-21)33-23-17-26(32-19-23)9-11-29(12-10-26)25(30)24-4-2-1-3-20(24)18-28-13-15-31-16-14-28/h1-8,23H,9-19H2/t23-/m1/s1. The van der Waals surface area contributed by atoms with Crippen LogP contribution in [-0.2, 0) is 16.0 Å². The first-order valence-electron chi connectivity index (χ1n) is 11.8. The van der Waals surface area contributed by atoms with Crippen molar-refractivity contribution in [2.45, 2.75) is 37.5 Å². The van der Waals surface area contributed by atoms with Crippen LogP contribution >= 0.6 is 0 Å². The number of amides is 1. The highest BCUT2D eigenvalue weighted by Gasteiger charge is 2.44. The lowest BCUT2D eigenvalue weighted by molar-refractivity contribution is -0.0396. The molecular weight excluding hydrogens is 423 g/mol.